The van der Waals surface area contributed by atoms with Crippen LogP contribution in [0.5, 0.6) is 0 Å². The minimum Gasteiger partial charge on any atom is -0.459 e. The van der Waals surface area contributed by atoms with E-state index in [1.807, 2.05) is 0 Å². The number of benzene rings is 1. The van der Waals surface area contributed by atoms with Gasteiger partial charge in [-0.3, -0.25) is 9.59 Å². The summed E-state index contributed by atoms with van der Waals surface area (Å²) in [5.74, 6) is -0.388. The van der Waals surface area contributed by atoms with Gasteiger partial charge in [0, 0.05) is 13.1 Å². The van der Waals surface area contributed by atoms with E-state index in [1.165, 1.54) is 6.26 Å². The molecule has 4 rings (SSSR count). The van der Waals surface area contributed by atoms with Crippen LogP contribution >= 0.6 is 0 Å². The lowest BCUT2D eigenvalue weighted by atomic mass is 9.95. The van der Waals surface area contributed by atoms with Crippen LogP contribution in [0.4, 0.5) is 0 Å². The maximum absolute atomic E-state index is 12.9. The summed E-state index contributed by atoms with van der Waals surface area (Å²) in [4.78, 5) is 27.3. The minimum absolute atomic E-state index is 0.0166. The Hall–Kier alpha value is -2.61. The molecule has 28 heavy (non-hydrogen) atoms. The minimum atomic E-state index is -3.30. The SMILES string of the molecule is O=C(NC1CCS(=O)(=O)c2ccccc21)C1CCCN(C(=O)c2ccco2)C1. The quantitative estimate of drug-likeness (QED) is 0.849. The van der Waals surface area contributed by atoms with E-state index in [-0.39, 0.29) is 35.3 Å². The molecule has 1 aromatic carbocycles. The number of carbonyl (C=O) groups is 2. The summed E-state index contributed by atoms with van der Waals surface area (Å²) in [6.45, 7) is 0.922. The van der Waals surface area contributed by atoms with Gasteiger partial charge in [0.25, 0.3) is 5.91 Å². The number of fused-ring (bicyclic) bond motifs is 1. The molecule has 2 aromatic rings. The molecule has 1 N–H and O–H groups in total. The van der Waals surface area contributed by atoms with Crippen LogP contribution in [0, 0.1) is 5.92 Å². The van der Waals surface area contributed by atoms with E-state index in [4.69, 9.17) is 4.42 Å². The standard InChI is InChI=1S/C20H22N2O5S/c23-19(14-5-3-10-22(13-14)20(24)17-7-4-11-27-17)21-16-9-12-28(25,26)18-8-2-1-6-15(16)18/h1-2,4,6-8,11,14,16H,3,5,9-10,12-13H2,(H,21,23). The molecule has 0 spiro atoms. The molecule has 2 aliphatic heterocycles. The number of nitrogens with one attached hydrogen (secondary N) is 1. The molecule has 1 saturated heterocycles. The average Bonchev–Trinajstić information content (AvgIpc) is 3.25. The largest absolute Gasteiger partial charge is 0.459 e. The third-order valence-corrected chi connectivity index (χ3v) is 7.25. The Kier molecular flexibility index (Phi) is 4.97. The van der Waals surface area contributed by atoms with Crippen molar-refractivity contribution in [3.63, 3.8) is 0 Å². The van der Waals surface area contributed by atoms with Gasteiger partial charge in [-0.15, -0.1) is 0 Å². The van der Waals surface area contributed by atoms with Gasteiger partial charge in [-0.25, -0.2) is 8.42 Å². The van der Waals surface area contributed by atoms with E-state index in [0.717, 1.165) is 6.42 Å². The molecule has 1 fully saturated rings. The average molecular weight is 402 g/mol. The second-order valence-electron chi connectivity index (χ2n) is 7.27. The first-order chi connectivity index (χ1) is 13.5. The molecule has 2 unspecified atom stereocenters. The Balaban J connectivity index is 1.46. The number of rotatable bonds is 3. The van der Waals surface area contributed by atoms with Gasteiger partial charge in [0.15, 0.2) is 15.6 Å². The first kappa shape index (κ1) is 18.7. The number of furan rings is 1. The third-order valence-electron chi connectivity index (χ3n) is 5.43. The molecule has 7 nitrogen and oxygen atoms in total. The van der Waals surface area contributed by atoms with E-state index in [1.54, 1.807) is 41.3 Å². The van der Waals surface area contributed by atoms with Gasteiger partial charge >= 0.3 is 0 Å². The number of sulfone groups is 1. The van der Waals surface area contributed by atoms with Crippen molar-refractivity contribution in [2.45, 2.75) is 30.2 Å². The maximum atomic E-state index is 12.9. The fraction of sp³-hybridized carbons (Fsp3) is 0.400. The van der Waals surface area contributed by atoms with E-state index < -0.39 is 9.84 Å². The summed E-state index contributed by atoms with van der Waals surface area (Å²) < 4.78 is 29.7. The molecule has 8 heteroatoms. The second kappa shape index (κ2) is 7.43. The lowest BCUT2D eigenvalue weighted by Gasteiger charge is -2.33. The van der Waals surface area contributed by atoms with E-state index >= 15 is 0 Å². The Morgan fingerprint density at radius 3 is 2.71 bits per heavy atom. The second-order valence-corrected chi connectivity index (χ2v) is 9.35. The van der Waals surface area contributed by atoms with Gasteiger partial charge in [0.2, 0.25) is 5.91 Å². The molecule has 1 aromatic heterocycles. The molecule has 0 bridgehead atoms. The summed E-state index contributed by atoms with van der Waals surface area (Å²) in [5, 5.41) is 3.01. The van der Waals surface area contributed by atoms with E-state index in [2.05, 4.69) is 5.32 Å². The van der Waals surface area contributed by atoms with Crippen LogP contribution in [-0.4, -0.2) is 44.0 Å². The van der Waals surface area contributed by atoms with Crippen molar-refractivity contribution in [2.24, 2.45) is 5.92 Å². The van der Waals surface area contributed by atoms with Crippen molar-refractivity contribution in [3.8, 4) is 0 Å². The predicted octanol–water partition coefficient (Wildman–Crippen LogP) is 2.17. The van der Waals surface area contributed by atoms with Gasteiger partial charge < -0.3 is 14.6 Å². The predicted molar refractivity (Wildman–Crippen MR) is 101 cm³/mol. The van der Waals surface area contributed by atoms with Crippen LogP contribution in [0.15, 0.2) is 52.0 Å². The Morgan fingerprint density at radius 2 is 1.93 bits per heavy atom. The lowest BCUT2D eigenvalue weighted by Crippen LogP contribution is -2.46. The third kappa shape index (κ3) is 3.56. The topological polar surface area (TPSA) is 96.7 Å². The van der Waals surface area contributed by atoms with Crippen LogP contribution in [0.1, 0.15) is 41.4 Å². The Morgan fingerprint density at radius 1 is 1.11 bits per heavy atom. The van der Waals surface area contributed by atoms with Crippen molar-refractivity contribution in [1.82, 2.24) is 10.2 Å². The summed E-state index contributed by atoms with van der Waals surface area (Å²) in [6.07, 6.45) is 3.24. The van der Waals surface area contributed by atoms with Crippen molar-refractivity contribution in [1.29, 1.82) is 0 Å². The molecule has 3 heterocycles. The number of hydrogen-bond acceptors (Lipinski definition) is 5. The monoisotopic (exact) mass is 402 g/mol. The highest BCUT2D eigenvalue weighted by Crippen LogP contribution is 2.32. The van der Waals surface area contributed by atoms with Crippen LogP contribution in [0.3, 0.4) is 0 Å². The van der Waals surface area contributed by atoms with Gasteiger partial charge in [0.1, 0.15) is 0 Å². The van der Waals surface area contributed by atoms with E-state index in [0.29, 0.717) is 36.4 Å². The Labute approximate surface area is 163 Å². The number of likely N-dealkylation sites (tertiary alicyclic amines) is 1. The smallest absolute Gasteiger partial charge is 0.289 e. The van der Waals surface area contributed by atoms with Crippen molar-refractivity contribution >= 4 is 21.7 Å². The molecule has 148 valence electrons. The summed E-state index contributed by atoms with van der Waals surface area (Å²) in [7, 11) is -3.30. The van der Waals surface area contributed by atoms with E-state index in [9.17, 15) is 18.0 Å². The molecule has 2 amide bonds. The van der Waals surface area contributed by atoms with Crippen LogP contribution < -0.4 is 5.32 Å². The molecule has 2 aliphatic rings. The zero-order valence-corrected chi connectivity index (χ0v) is 16.2. The molecular weight excluding hydrogens is 380 g/mol. The number of hydrogen-bond donors (Lipinski definition) is 1. The highest BCUT2D eigenvalue weighted by Gasteiger charge is 2.34. The molecule has 0 radical (unpaired) electrons. The van der Waals surface area contributed by atoms with Crippen LogP contribution in [-0.2, 0) is 14.6 Å². The van der Waals surface area contributed by atoms with Crippen LogP contribution in [0.2, 0.25) is 0 Å². The van der Waals surface area contributed by atoms with Gasteiger partial charge in [-0.1, -0.05) is 18.2 Å². The molecule has 0 saturated carbocycles. The van der Waals surface area contributed by atoms with Gasteiger partial charge in [-0.2, -0.15) is 0 Å². The maximum Gasteiger partial charge on any atom is 0.289 e. The summed E-state index contributed by atoms with van der Waals surface area (Å²) >= 11 is 0. The van der Waals surface area contributed by atoms with Crippen molar-refractivity contribution < 1.29 is 22.4 Å². The fourth-order valence-corrected chi connectivity index (χ4v) is 5.58. The van der Waals surface area contributed by atoms with Crippen molar-refractivity contribution in [3.05, 3.63) is 54.0 Å². The first-order valence-electron chi connectivity index (χ1n) is 9.40. The molecule has 0 aliphatic carbocycles. The highest BCUT2D eigenvalue weighted by molar-refractivity contribution is 7.91. The number of piperidine rings is 1. The summed E-state index contributed by atoms with van der Waals surface area (Å²) in [6, 6.07) is 9.77. The number of nitrogens with zero attached hydrogens (tertiary/aromatic N) is 1. The lowest BCUT2D eigenvalue weighted by molar-refractivity contribution is -0.127. The van der Waals surface area contributed by atoms with Crippen LogP contribution in [0.25, 0.3) is 0 Å². The van der Waals surface area contributed by atoms with Gasteiger partial charge in [0.05, 0.1) is 28.9 Å². The first-order valence-corrected chi connectivity index (χ1v) is 11.1. The van der Waals surface area contributed by atoms with Gasteiger partial charge in [-0.05, 0) is 43.0 Å². The number of amides is 2. The molecule has 2 atom stereocenters. The Bertz CT molecular complexity index is 984. The fourth-order valence-electron chi connectivity index (χ4n) is 3.96. The summed E-state index contributed by atoms with van der Waals surface area (Å²) in [5.41, 5.74) is 0.640. The van der Waals surface area contributed by atoms with Crippen molar-refractivity contribution in [2.75, 3.05) is 18.8 Å². The zero-order valence-electron chi connectivity index (χ0n) is 15.3. The normalized spacial score (nSPS) is 23.6. The highest BCUT2D eigenvalue weighted by atomic mass is 32.2. The molecular formula is C20H22N2O5S. The zero-order chi connectivity index (χ0) is 19.7. The number of carbonyl (C=O) groups excluding carboxylic acids is 2.